The van der Waals surface area contributed by atoms with Crippen LogP contribution in [0.15, 0.2) is 48.5 Å². The molecule has 3 N–H and O–H groups in total. The second-order valence-electron chi connectivity index (χ2n) is 5.28. The van der Waals surface area contributed by atoms with Gasteiger partial charge in [0.05, 0.1) is 0 Å². The van der Waals surface area contributed by atoms with Crippen molar-refractivity contribution in [2.75, 3.05) is 7.05 Å². The third-order valence-corrected chi connectivity index (χ3v) is 3.23. The van der Waals surface area contributed by atoms with Crippen molar-refractivity contribution in [1.82, 2.24) is 4.90 Å². The Labute approximate surface area is 120 Å². The van der Waals surface area contributed by atoms with Gasteiger partial charge in [-0.05, 0) is 31.2 Å². The van der Waals surface area contributed by atoms with Gasteiger partial charge in [0.1, 0.15) is 5.84 Å². The molecule has 0 aliphatic carbocycles. The number of hydrogen-bond acceptors (Lipinski definition) is 2. The lowest BCUT2D eigenvalue weighted by atomic mass is 10.1. The maximum Gasteiger partial charge on any atom is 0.122 e. The normalized spacial score (nSPS) is 10.8. The molecule has 3 nitrogen and oxygen atoms in total. The first-order valence-corrected chi connectivity index (χ1v) is 6.72. The van der Waals surface area contributed by atoms with Gasteiger partial charge in [-0.3, -0.25) is 10.3 Å². The molecule has 2 aromatic carbocycles. The summed E-state index contributed by atoms with van der Waals surface area (Å²) >= 11 is 0. The molecule has 2 rings (SSSR count). The van der Waals surface area contributed by atoms with Gasteiger partial charge in [0.2, 0.25) is 0 Å². The minimum atomic E-state index is 0.119. The lowest BCUT2D eigenvalue weighted by Gasteiger charge is -2.17. The van der Waals surface area contributed by atoms with Gasteiger partial charge in [0.15, 0.2) is 0 Å². The SMILES string of the molecule is Cc1cccc(CN(C)Cc2cccc(C(=N)N)c2)c1. The summed E-state index contributed by atoms with van der Waals surface area (Å²) in [4.78, 5) is 2.26. The van der Waals surface area contributed by atoms with E-state index in [-0.39, 0.29) is 5.84 Å². The molecule has 0 heterocycles. The van der Waals surface area contributed by atoms with Crippen molar-refractivity contribution in [2.45, 2.75) is 20.0 Å². The van der Waals surface area contributed by atoms with Crippen molar-refractivity contribution in [2.24, 2.45) is 5.73 Å². The third-order valence-electron chi connectivity index (χ3n) is 3.23. The van der Waals surface area contributed by atoms with Gasteiger partial charge >= 0.3 is 0 Å². The number of hydrogen-bond donors (Lipinski definition) is 2. The van der Waals surface area contributed by atoms with E-state index in [1.54, 1.807) is 0 Å². The molecule has 3 heteroatoms. The number of aryl methyl sites for hydroxylation is 1. The van der Waals surface area contributed by atoms with Gasteiger partial charge in [0.25, 0.3) is 0 Å². The van der Waals surface area contributed by atoms with E-state index in [9.17, 15) is 0 Å². The Hall–Kier alpha value is -2.13. The standard InChI is InChI=1S/C17H21N3/c1-13-5-3-6-14(9-13)11-20(2)12-15-7-4-8-16(10-15)17(18)19/h3-10H,11-12H2,1-2H3,(H3,18,19). The number of benzene rings is 2. The average molecular weight is 267 g/mol. The molecule has 104 valence electrons. The van der Waals surface area contributed by atoms with E-state index in [4.69, 9.17) is 11.1 Å². The van der Waals surface area contributed by atoms with Crippen LogP contribution in [0, 0.1) is 12.3 Å². The Morgan fingerprint density at radius 3 is 2.25 bits per heavy atom. The predicted molar refractivity (Wildman–Crippen MR) is 83.8 cm³/mol. The molecular formula is C17H21N3. The zero-order valence-corrected chi connectivity index (χ0v) is 12.1. The van der Waals surface area contributed by atoms with E-state index >= 15 is 0 Å². The summed E-state index contributed by atoms with van der Waals surface area (Å²) in [6.07, 6.45) is 0. The summed E-state index contributed by atoms with van der Waals surface area (Å²) in [7, 11) is 2.10. The van der Waals surface area contributed by atoms with E-state index in [2.05, 4.69) is 49.2 Å². The molecule has 0 aromatic heterocycles. The topological polar surface area (TPSA) is 53.1 Å². The predicted octanol–water partition coefficient (Wildman–Crippen LogP) is 2.91. The minimum Gasteiger partial charge on any atom is -0.384 e. The fraction of sp³-hybridized carbons (Fsp3) is 0.235. The molecule has 0 atom stereocenters. The van der Waals surface area contributed by atoms with Crippen molar-refractivity contribution in [3.8, 4) is 0 Å². The molecule has 0 fully saturated rings. The summed E-state index contributed by atoms with van der Waals surface area (Å²) in [5.41, 5.74) is 10.1. The summed E-state index contributed by atoms with van der Waals surface area (Å²) in [5, 5.41) is 7.48. The third kappa shape index (κ3) is 3.93. The summed E-state index contributed by atoms with van der Waals surface area (Å²) < 4.78 is 0. The fourth-order valence-electron chi connectivity index (χ4n) is 2.33. The average Bonchev–Trinajstić information content (AvgIpc) is 2.38. The molecule has 0 spiro atoms. The first-order valence-electron chi connectivity index (χ1n) is 6.72. The maximum absolute atomic E-state index is 7.48. The summed E-state index contributed by atoms with van der Waals surface area (Å²) in [6, 6.07) is 16.4. The molecule has 0 unspecified atom stereocenters. The number of rotatable bonds is 5. The van der Waals surface area contributed by atoms with E-state index in [1.807, 2.05) is 18.2 Å². The molecule has 0 saturated carbocycles. The molecule has 0 saturated heterocycles. The van der Waals surface area contributed by atoms with Crippen LogP contribution in [0.4, 0.5) is 0 Å². The monoisotopic (exact) mass is 267 g/mol. The van der Waals surface area contributed by atoms with Crippen LogP contribution in [0.3, 0.4) is 0 Å². The van der Waals surface area contributed by atoms with Crippen LogP contribution in [-0.2, 0) is 13.1 Å². The van der Waals surface area contributed by atoms with Crippen LogP contribution >= 0.6 is 0 Å². The second-order valence-corrected chi connectivity index (χ2v) is 5.28. The summed E-state index contributed by atoms with van der Waals surface area (Å²) in [5.74, 6) is 0.119. The van der Waals surface area contributed by atoms with Crippen molar-refractivity contribution in [3.05, 3.63) is 70.8 Å². The Bertz CT molecular complexity index is 605. The summed E-state index contributed by atoms with van der Waals surface area (Å²) in [6.45, 7) is 3.86. The first-order chi connectivity index (χ1) is 9.54. The maximum atomic E-state index is 7.48. The Kier molecular flexibility index (Phi) is 4.53. The number of nitrogen functional groups attached to an aromatic ring is 1. The quantitative estimate of drug-likeness (QED) is 0.646. The Morgan fingerprint density at radius 2 is 1.65 bits per heavy atom. The van der Waals surface area contributed by atoms with Gasteiger partial charge in [-0.2, -0.15) is 0 Å². The van der Waals surface area contributed by atoms with Crippen LogP contribution in [0.5, 0.6) is 0 Å². The number of nitrogens with one attached hydrogen (secondary N) is 1. The fourth-order valence-corrected chi connectivity index (χ4v) is 2.33. The van der Waals surface area contributed by atoms with Crippen molar-refractivity contribution < 1.29 is 0 Å². The second kappa shape index (κ2) is 6.35. The van der Waals surface area contributed by atoms with Gasteiger partial charge < -0.3 is 5.73 Å². The Morgan fingerprint density at radius 1 is 1.05 bits per heavy atom. The first kappa shape index (κ1) is 14.3. The molecule has 0 bridgehead atoms. The highest BCUT2D eigenvalue weighted by Gasteiger charge is 2.04. The van der Waals surface area contributed by atoms with Crippen molar-refractivity contribution in [3.63, 3.8) is 0 Å². The van der Waals surface area contributed by atoms with E-state index in [1.165, 1.54) is 16.7 Å². The lowest BCUT2D eigenvalue weighted by molar-refractivity contribution is 0.319. The van der Waals surface area contributed by atoms with E-state index < -0.39 is 0 Å². The van der Waals surface area contributed by atoms with Gasteiger partial charge in [0, 0.05) is 18.7 Å². The van der Waals surface area contributed by atoms with Crippen molar-refractivity contribution in [1.29, 1.82) is 5.41 Å². The minimum absolute atomic E-state index is 0.119. The zero-order chi connectivity index (χ0) is 14.5. The largest absolute Gasteiger partial charge is 0.384 e. The van der Waals surface area contributed by atoms with Gasteiger partial charge in [-0.15, -0.1) is 0 Å². The molecule has 0 radical (unpaired) electrons. The van der Waals surface area contributed by atoms with Crippen molar-refractivity contribution >= 4 is 5.84 Å². The number of nitrogens with zero attached hydrogens (tertiary/aromatic N) is 1. The number of nitrogens with two attached hydrogens (primary N) is 1. The molecule has 0 aliphatic rings. The van der Waals surface area contributed by atoms with E-state index in [0.29, 0.717) is 0 Å². The highest BCUT2D eigenvalue weighted by Crippen LogP contribution is 2.11. The lowest BCUT2D eigenvalue weighted by Crippen LogP contribution is -2.18. The molecular weight excluding hydrogens is 246 g/mol. The van der Waals surface area contributed by atoms with Gasteiger partial charge in [-0.25, -0.2) is 0 Å². The molecule has 0 aliphatic heterocycles. The van der Waals surface area contributed by atoms with E-state index in [0.717, 1.165) is 18.7 Å². The number of amidine groups is 1. The highest BCUT2D eigenvalue weighted by molar-refractivity contribution is 5.95. The zero-order valence-electron chi connectivity index (χ0n) is 12.1. The Balaban J connectivity index is 2.02. The smallest absolute Gasteiger partial charge is 0.122 e. The highest BCUT2D eigenvalue weighted by atomic mass is 15.1. The van der Waals surface area contributed by atoms with Crippen LogP contribution in [-0.4, -0.2) is 17.8 Å². The molecule has 20 heavy (non-hydrogen) atoms. The molecule has 2 aromatic rings. The van der Waals surface area contributed by atoms with Crippen LogP contribution in [0.1, 0.15) is 22.3 Å². The van der Waals surface area contributed by atoms with Crippen LogP contribution < -0.4 is 5.73 Å². The van der Waals surface area contributed by atoms with Crippen LogP contribution in [0.25, 0.3) is 0 Å². The molecule has 0 amide bonds. The van der Waals surface area contributed by atoms with Gasteiger partial charge in [-0.1, -0.05) is 48.0 Å². The van der Waals surface area contributed by atoms with Crippen LogP contribution in [0.2, 0.25) is 0 Å².